The molecule has 8 nitrogen and oxygen atoms in total. The first-order valence-corrected chi connectivity index (χ1v) is 7.36. The Morgan fingerprint density at radius 1 is 1.39 bits per heavy atom. The molecule has 1 aromatic carbocycles. The van der Waals surface area contributed by atoms with E-state index in [9.17, 15) is 4.79 Å². The smallest absolute Gasteiger partial charge is 0.318 e. The number of carbonyl (C=O) groups is 1. The molecule has 1 aliphatic heterocycles. The van der Waals surface area contributed by atoms with E-state index >= 15 is 0 Å². The number of likely N-dealkylation sites (tertiary alicyclic amines) is 1. The van der Waals surface area contributed by atoms with Gasteiger partial charge in [-0.2, -0.15) is 5.10 Å². The van der Waals surface area contributed by atoms with Crippen molar-refractivity contribution in [3.63, 3.8) is 0 Å². The Bertz CT molecular complexity index is 681. The lowest BCUT2D eigenvalue weighted by molar-refractivity contribution is 0.0425. The molecular formula is C15H19N5O3. The van der Waals surface area contributed by atoms with Crippen molar-refractivity contribution in [2.45, 2.75) is 19.6 Å². The maximum atomic E-state index is 12.0. The summed E-state index contributed by atoms with van der Waals surface area (Å²) in [5, 5.41) is 9.49. The Hall–Kier alpha value is -2.77. The van der Waals surface area contributed by atoms with Crippen LogP contribution < -0.4 is 14.8 Å². The molecule has 8 heteroatoms. The number of aromatic amines is 1. The van der Waals surface area contributed by atoms with Gasteiger partial charge >= 0.3 is 6.03 Å². The minimum atomic E-state index is -0.146. The van der Waals surface area contributed by atoms with Gasteiger partial charge in [-0.1, -0.05) is 12.1 Å². The number of carbonyl (C=O) groups excluding carboxylic acids is 1. The fraction of sp³-hybridized carbons (Fsp3) is 0.400. The Morgan fingerprint density at radius 2 is 2.13 bits per heavy atom. The van der Waals surface area contributed by atoms with E-state index in [0.717, 1.165) is 5.82 Å². The predicted molar refractivity (Wildman–Crippen MR) is 82.3 cm³/mol. The van der Waals surface area contributed by atoms with E-state index in [1.165, 1.54) is 0 Å². The van der Waals surface area contributed by atoms with Crippen LogP contribution in [0, 0.1) is 6.92 Å². The average molecular weight is 317 g/mol. The SMILES string of the molecule is COc1ccccc1OC1CN(C(=O)NCc2n[nH]c(C)n2)C1. The van der Waals surface area contributed by atoms with Crippen molar-refractivity contribution in [1.29, 1.82) is 0 Å². The summed E-state index contributed by atoms with van der Waals surface area (Å²) in [6.45, 7) is 3.19. The van der Waals surface area contributed by atoms with Crippen molar-refractivity contribution in [2.75, 3.05) is 20.2 Å². The second kappa shape index (κ2) is 6.55. The number of aromatic nitrogens is 3. The monoisotopic (exact) mass is 317 g/mol. The van der Waals surface area contributed by atoms with Gasteiger partial charge in [-0.15, -0.1) is 0 Å². The first kappa shape index (κ1) is 15.1. The topological polar surface area (TPSA) is 92.4 Å². The van der Waals surface area contributed by atoms with Crippen molar-refractivity contribution < 1.29 is 14.3 Å². The third-order valence-corrected chi connectivity index (χ3v) is 3.54. The molecular weight excluding hydrogens is 298 g/mol. The number of para-hydroxylation sites is 2. The zero-order valence-electron chi connectivity index (χ0n) is 13.1. The quantitative estimate of drug-likeness (QED) is 0.861. The zero-order chi connectivity index (χ0) is 16.2. The number of urea groups is 1. The van der Waals surface area contributed by atoms with Gasteiger partial charge < -0.3 is 19.7 Å². The molecule has 0 radical (unpaired) electrons. The van der Waals surface area contributed by atoms with Gasteiger partial charge in [-0.05, 0) is 19.1 Å². The normalized spacial score (nSPS) is 14.3. The zero-order valence-corrected chi connectivity index (χ0v) is 13.1. The molecule has 2 aromatic rings. The number of nitrogens with one attached hydrogen (secondary N) is 2. The molecule has 2 amide bonds. The highest BCUT2D eigenvalue weighted by Crippen LogP contribution is 2.28. The summed E-state index contributed by atoms with van der Waals surface area (Å²) in [6.07, 6.45) is -0.0252. The van der Waals surface area contributed by atoms with Crippen molar-refractivity contribution in [3.05, 3.63) is 35.9 Å². The number of rotatable bonds is 5. The summed E-state index contributed by atoms with van der Waals surface area (Å²) < 4.78 is 11.1. The highest BCUT2D eigenvalue weighted by Gasteiger charge is 2.32. The molecule has 23 heavy (non-hydrogen) atoms. The number of ether oxygens (including phenoxy) is 2. The molecule has 2 N–H and O–H groups in total. The largest absolute Gasteiger partial charge is 0.493 e. The van der Waals surface area contributed by atoms with Gasteiger partial charge in [-0.3, -0.25) is 5.10 Å². The van der Waals surface area contributed by atoms with Crippen molar-refractivity contribution in [1.82, 2.24) is 25.4 Å². The van der Waals surface area contributed by atoms with Crippen LogP contribution in [0.5, 0.6) is 11.5 Å². The van der Waals surface area contributed by atoms with Crippen LogP contribution in [-0.2, 0) is 6.54 Å². The van der Waals surface area contributed by atoms with E-state index in [0.29, 0.717) is 37.0 Å². The van der Waals surface area contributed by atoms with Crippen molar-refractivity contribution in [3.8, 4) is 11.5 Å². The number of methoxy groups -OCH3 is 1. The standard InChI is InChI=1S/C15H19N5O3/c1-10-17-14(19-18-10)7-16-15(21)20-8-11(9-20)23-13-6-4-3-5-12(13)22-2/h3-6,11H,7-9H2,1-2H3,(H,16,21)(H,17,18,19). The Labute approximate surface area is 133 Å². The van der Waals surface area contributed by atoms with Crippen molar-refractivity contribution >= 4 is 6.03 Å². The van der Waals surface area contributed by atoms with Gasteiger partial charge in [0.15, 0.2) is 17.3 Å². The third-order valence-electron chi connectivity index (χ3n) is 3.54. The molecule has 3 rings (SSSR count). The Balaban J connectivity index is 1.44. The van der Waals surface area contributed by atoms with Crippen LogP contribution in [0.15, 0.2) is 24.3 Å². The van der Waals surface area contributed by atoms with Gasteiger partial charge in [0.05, 0.1) is 26.7 Å². The van der Waals surface area contributed by atoms with Gasteiger partial charge in [0.2, 0.25) is 0 Å². The van der Waals surface area contributed by atoms with Gasteiger partial charge in [0, 0.05) is 0 Å². The first-order chi connectivity index (χ1) is 11.2. The minimum absolute atomic E-state index is 0.0252. The average Bonchev–Trinajstić information content (AvgIpc) is 2.94. The summed E-state index contributed by atoms with van der Waals surface area (Å²) in [7, 11) is 1.60. The molecule has 1 saturated heterocycles. The van der Waals surface area contributed by atoms with E-state index < -0.39 is 0 Å². The molecule has 2 heterocycles. The van der Waals surface area contributed by atoms with Crippen LogP contribution in [0.1, 0.15) is 11.6 Å². The predicted octanol–water partition coefficient (Wildman–Crippen LogP) is 1.09. The summed E-state index contributed by atoms with van der Waals surface area (Å²) in [4.78, 5) is 17.8. The van der Waals surface area contributed by atoms with Gasteiger partial charge in [-0.25, -0.2) is 9.78 Å². The number of amides is 2. The van der Waals surface area contributed by atoms with E-state index in [4.69, 9.17) is 9.47 Å². The van der Waals surface area contributed by atoms with E-state index in [1.54, 1.807) is 12.0 Å². The van der Waals surface area contributed by atoms with Crippen LogP contribution in [-0.4, -0.2) is 52.4 Å². The summed E-state index contributed by atoms with van der Waals surface area (Å²) in [5.41, 5.74) is 0. The second-order valence-corrected chi connectivity index (χ2v) is 5.29. The van der Waals surface area contributed by atoms with E-state index in [1.807, 2.05) is 31.2 Å². The summed E-state index contributed by atoms with van der Waals surface area (Å²) >= 11 is 0. The highest BCUT2D eigenvalue weighted by molar-refractivity contribution is 5.75. The molecule has 0 bridgehead atoms. The number of hydrogen-bond donors (Lipinski definition) is 2. The maximum Gasteiger partial charge on any atom is 0.318 e. The summed E-state index contributed by atoms with van der Waals surface area (Å²) in [5.74, 6) is 2.67. The van der Waals surface area contributed by atoms with Crippen molar-refractivity contribution in [2.24, 2.45) is 0 Å². The maximum absolute atomic E-state index is 12.0. The Kier molecular flexibility index (Phi) is 4.31. The molecule has 0 saturated carbocycles. The fourth-order valence-corrected chi connectivity index (χ4v) is 2.31. The molecule has 1 aliphatic rings. The molecule has 122 valence electrons. The van der Waals surface area contributed by atoms with Crippen LogP contribution in [0.2, 0.25) is 0 Å². The molecule has 1 aromatic heterocycles. The minimum Gasteiger partial charge on any atom is -0.493 e. The second-order valence-electron chi connectivity index (χ2n) is 5.29. The number of benzene rings is 1. The molecule has 1 fully saturated rings. The van der Waals surface area contributed by atoms with Crippen LogP contribution >= 0.6 is 0 Å². The summed E-state index contributed by atoms with van der Waals surface area (Å²) in [6, 6.07) is 7.33. The Morgan fingerprint density at radius 3 is 2.78 bits per heavy atom. The lowest BCUT2D eigenvalue weighted by atomic mass is 10.2. The molecule has 0 spiro atoms. The molecule has 0 unspecified atom stereocenters. The lowest BCUT2D eigenvalue weighted by Gasteiger charge is -2.38. The number of nitrogens with zero attached hydrogens (tertiary/aromatic N) is 3. The molecule has 0 aliphatic carbocycles. The number of hydrogen-bond acceptors (Lipinski definition) is 5. The van der Waals surface area contributed by atoms with Crippen LogP contribution in [0.25, 0.3) is 0 Å². The fourth-order valence-electron chi connectivity index (χ4n) is 2.31. The van der Waals surface area contributed by atoms with Crippen LogP contribution in [0.4, 0.5) is 4.79 Å². The number of aryl methyl sites for hydroxylation is 1. The number of H-pyrrole nitrogens is 1. The first-order valence-electron chi connectivity index (χ1n) is 7.36. The van der Waals surface area contributed by atoms with Gasteiger partial charge in [0.25, 0.3) is 0 Å². The van der Waals surface area contributed by atoms with Crippen LogP contribution in [0.3, 0.4) is 0 Å². The van der Waals surface area contributed by atoms with E-state index in [2.05, 4.69) is 20.5 Å². The van der Waals surface area contributed by atoms with Gasteiger partial charge in [0.1, 0.15) is 11.9 Å². The lowest BCUT2D eigenvalue weighted by Crippen LogP contribution is -2.58. The van der Waals surface area contributed by atoms with E-state index in [-0.39, 0.29) is 12.1 Å². The highest BCUT2D eigenvalue weighted by atomic mass is 16.5. The molecule has 0 atom stereocenters. The third kappa shape index (κ3) is 3.53.